The summed E-state index contributed by atoms with van der Waals surface area (Å²) in [6.45, 7) is 14.6. The van der Waals surface area contributed by atoms with Crippen molar-refractivity contribution in [3.63, 3.8) is 0 Å². The first kappa shape index (κ1) is 24.1. The van der Waals surface area contributed by atoms with Crippen molar-refractivity contribution in [3.05, 3.63) is 24.3 Å². The second-order valence-electron chi connectivity index (χ2n) is 7.27. The highest BCUT2D eigenvalue weighted by Crippen LogP contribution is 2.23. The van der Waals surface area contributed by atoms with Crippen LogP contribution in [0.15, 0.2) is 29.2 Å². The Labute approximate surface area is 167 Å². The molecule has 1 aliphatic heterocycles. The van der Waals surface area contributed by atoms with Gasteiger partial charge in [0.25, 0.3) is 0 Å². The SMILES string of the molecule is CC.CCCCN1CCNC(COc2ccc(S(=O)C(C)(C)CO)cc2)C1. The van der Waals surface area contributed by atoms with Crippen LogP contribution in [0, 0.1) is 0 Å². The molecule has 0 aromatic heterocycles. The zero-order valence-corrected chi connectivity index (χ0v) is 18.5. The molecule has 2 N–H and O–H groups in total. The molecule has 1 fully saturated rings. The molecule has 1 aliphatic rings. The average Bonchev–Trinajstić information content (AvgIpc) is 2.72. The molecule has 0 aliphatic carbocycles. The lowest BCUT2D eigenvalue weighted by Crippen LogP contribution is -2.53. The Morgan fingerprint density at radius 1 is 1.30 bits per heavy atom. The van der Waals surface area contributed by atoms with E-state index >= 15 is 0 Å². The van der Waals surface area contributed by atoms with Crippen LogP contribution in [0.2, 0.25) is 0 Å². The van der Waals surface area contributed by atoms with E-state index in [-0.39, 0.29) is 6.61 Å². The Morgan fingerprint density at radius 3 is 2.56 bits per heavy atom. The summed E-state index contributed by atoms with van der Waals surface area (Å²) in [5.74, 6) is 0.787. The molecule has 5 nitrogen and oxygen atoms in total. The quantitative estimate of drug-likeness (QED) is 0.669. The highest BCUT2D eigenvalue weighted by Gasteiger charge is 2.26. The summed E-state index contributed by atoms with van der Waals surface area (Å²) in [5, 5.41) is 12.9. The Kier molecular flexibility index (Phi) is 11.1. The maximum Gasteiger partial charge on any atom is 0.119 e. The second-order valence-corrected chi connectivity index (χ2v) is 9.39. The fraction of sp³-hybridized carbons (Fsp3) is 0.714. The van der Waals surface area contributed by atoms with Crippen LogP contribution in [-0.4, -0.2) is 64.4 Å². The standard InChI is InChI=1S/C19H32N2O3S.C2H6/c1-4-5-11-21-12-10-20-16(13-21)14-24-17-6-8-18(9-7-17)25(23)19(2,3)15-22;1-2/h6-9,16,20,22H,4-5,10-15H2,1-3H3;1-2H3. The van der Waals surface area contributed by atoms with Crippen molar-refractivity contribution in [2.75, 3.05) is 39.4 Å². The Morgan fingerprint density at radius 2 is 1.96 bits per heavy atom. The van der Waals surface area contributed by atoms with Gasteiger partial charge in [-0.1, -0.05) is 27.2 Å². The van der Waals surface area contributed by atoms with Gasteiger partial charge >= 0.3 is 0 Å². The Balaban J connectivity index is 0.00000176. The predicted molar refractivity (Wildman–Crippen MR) is 114 cm³/mol. The Hall–Kier alpha value is -0.950. The van der Waals surface area contributed by atoms with Crippen LogP contribution in [0.1, 0.15) is 47.5 Å². The molecular formula is C21H38N2O3S. The summed E-state index contributed by atoms with van der Waals surface area (Å²) >= 11 is 0. The van der Waals surface area contributed by atoms with Crippen LogP contribution in [0.3, 0.4) is 0 Å². The molecule has 2 unspecified atom stereocenters. The van der Waals surface area contributed by atoms with Gasteiger partial charge in [0, 0.05) is 24.5 Å². The molecule has 27 heavy (non-hydrogen) atoms. The topological polar surface area (TPSA) is 61.8 Å². The minimum absolute atomic E-state index is 0.111. The first-order valence-electron chi connectivity index (χ1n) is 10.2. The normalized spacial score (nSPS) is 19.1. The highest BCUT2D eigenvalue weighted by molar-refractivity contribution is 7.86. The number of rotatable bonds is 9. The summed E-state index contributed by atoms with van der Waals surface area (Å²) in [6.07, 6.45) is 2.47. The predicted octanol–water partition coefficient (Wildman–Crippen LogP) is 3.04. The monoisotopic (exact) mass is 398 g/mol. The molecule has 1 aromatic carbocycles. The molecule has 1 aromatic rings. The van der Waals surface area contributed by atoms with Gasteiger partial charge in [-0.15, -0.1) is 0 Å². The van der Waals surface area contributed by atoms with Crippen LogP contribution >= 0.6 is 0 Å². The molecule has 0 bridgehead atoms. The van der Waals surface area contributed by atoms with Crippen molar-refractivity contribution in [1.82, 2.24) is 10.2 Å². The summed E-state index contributed by atoms with van der Waals surface area (Å²) in [4.78, 5) is 3.21. The van der Waals surface area contributed by atoms with E-state index in [0.717, 1.165) is 31.9 Å². The fourth-order valence-electron chi connectivity index (χ4n) is 2.82. The molecule has 1 saturated heterocycles. The van der Waals surface area contributed by atoms with Crippen molar-refractivity contribution in [2.24, 2.45) is 0 Å². The van der Waals surface area contributed by atoms with Gasteiger partial charge in [-0.05, 0) is 51.1 Å². The maximum atomic E-state index is 12.4. The molecule has 2 rings (SSSR count). The molecular weight excluding hydrogens is 360 g/mol. The zero-order valence-electron chi connectivity index (χ0n) is 17.7. The molecule has 1 heterocycles. The third-order valence-electron chi connectivity index (χ3n) is 4.54. The number of unbranched alkanes of at least 4 members (excludes halogenated alkanes) is 1. The van der Waals surface area contributed by atoms with E-state index in [1.54, 1.807) is 13.8 Å². The molecule has 2 atom stereocenters. The third-order valence-corrected chi connectivity index (χ3v) is 6.37. The number of benzene rings is 1. The van der Waals surface area contributed by atoms with Crippen molar-refractivity contribution in [1.29, 1.82) is 0 Å². The lowest BCUT2D eigenvalue weighted by Gasteiger charge is -2.33. The van der Waals surface area contributed by atoms with Crippen LogP contribution in [0.25, 0.3) is 0 Å². The molecule has 0 radical (unpaired) electrons. The number of hydrogen-bond donors (Lipinski definition) is 2. The van der Waals surface area contributed by atoms with Gasteiger partial charge in [0.1, 0.15) is 12.4 Å². The first-order valence-corrected chi connectivity index (χ1v) is 11.3. The number of piperazine rings is 1. The Bertz CT molecular complexity index is 549. The van der Waals surface area contributed by atoms with Gasteiger partial charge in [0.05, 0.1) is 28.2 Å². The van der Waals surface area contributed by atoms with Gasteiger partial charge in [0.15, 0.2) is 0 Å². The van der Waals surface area contributed by atoms with Gasteiger partial charge in [-0.25, -0.2) is 0 Å². The lowest BCUT2D eigenvalue weighted by atomic mass is 10.2. The van der Waals surface area contributed by atoms with E-state index in [9.17, 15) is 9.32 Å². The molecule has 0 spiro atoms. The summed E-state index contributed by atoms with van der Waals surface area (Å²) in [5.41, 5.74) is 0. The van der Waals surface area contributed by atoms with E-state index in [1.807, 2.05) is 38.1 Å². The highest BCUT2D eigenvalue weighted by atomic mass is 32.2. The number of nitrogens with one attached hydrogen (secondary N) is 1. The van der Waals surface area contributed by atoms with Gasteiger partial charge in [-0.2, -0.15) is 0 Å². The third kappa shape index (κ3) is 7.90. The van der Waals surface area contributed by atoms with Crippen molar-refractivity contribution >= 4 is 10.8 Å². The first-order chi connectivity index (χ1) is 13.0. The summed E-state index contributed by atoms with van der Waals surface area (Å²) in [6, 6.07) is 7.71. The van der Waals surface area contributed by atoms with Gasteiger partial charge in [-0.3, -0.25) is 4.21 Å². The van der Waals surface area contributed by atoms with Crippen LogP contribution < -0.4 is 10.1 Å². The van der Waals surface area contributed by atoms with Gasteiger partial charge < -0.3 is 20.1 Å². The molecule has 156 valence electrons. The van der Waals surface area contributed by atoms with E-state index in [0.29, 0.717) is 17.5 Å². The van der Waals surface area contributed by atoms with Gasteiger partial charge in [0.2, 0.25) is 0 Å². The summed E-state index contributed by atoms with van der Waals surface area (Å²) < 4.78 is 17.7. The number of aliphatic hydroxyl groups is 1. The number of ether oxygens (including phenoxy) is 1. The summed E-state index contributed by atoms with van der Waals surface area (Å²) in [7, 11) is -1.24. The maximum absolute atomic E-state index is 12.4. The van der Waals surface area contributed by atoms with Crippen LogP contribution in [0.4, 0.5) is 0 Å². The van der Waals surface area contributed by atoms with E-state index < -0.39 is 15.5 Å². The zero-order chi connectivity index (χ0) is 20.3. The van der Waals surface area contributed by atoms with E-state index in [1.165, 1.54) is 12.8 Å². The molecule has 0 amide bonds. The van der Waals surface area contributed by atoms with Crippen LogP contribution in [-0.2, 0) is 10.8 Å². The molecule has 0 saturated carbocycles. The van der Waals surface area contributed by atoms with Crippen LogP contribution in [0.5, 0.6) is 5.75 Å². The average molecular weight is 399 g/mol. The van der Waals surface area contributed by atoms with Crippen molar-refractivity contribution in [3.8, 4) is 5.75 Å². The smallest absolute Gasteiger partial charge is 0.119 e. The van der Waals surface area contributed by atoms with Crippen molar-refractivity contribution in [2.45, 2.75) is 63.1 Å². The minimum atomic E-state index is -1.24. The lowest BCUT2D eigenvalue weighted by molar-refractivity contribution is 0.156. The number of nitrogens with zero attached hydrogens (tertiary/aromatic N) is 1. The number of aliphatic hydroxyl groups excluding tert-OH is 1. The minimum Gasteiger partial charge on any atom is -0.492 e. The van der Waals surface area contributed by atoms with E-state index in [4.69, 9.17) is 4.74 Å². The molecule has 6 heteroatoms. The van der Waals surface area contributed by atoms with Crippen molar-refractivity contribution < 1.29 is 14.1 Å². The number of hydrogen-bond acceptors (Lipinski definition) is 5. The van der Waals surface area contributed by atoms with E-state index in [2.05, 4.69) is 17.1 Å². The second kappa shape index (κ2) is 12.5. The fourth-order valence-corrected chi connectivity index (χ4v) is 3.96. The largest absolute Gasteiger partial charge is 0.492 e.